The average molecular weight is 423 g/mol. The van der Waals surface area contributed by atoms with Gasteiger partial charge in [-0.25, -0.2) is 8.42 Å². The molecule has 1 unspecified atom stereocenters. The van der Waals surface area contributed by atoms with Crippen molar-refractivity contribution >= 4 is 27.6 Å². The van der Waals surface area contributed by atoms with Gasteiger partial charge in [0.15, 0.2) is 0 Å². The van der Waals surface area contributed by atoms with Gasteiger partial charge in [0.25, 0.3) is 0 Å². The zero-order valence-corrected chi connectivity index (χ0v) is 18.1. The Bertz CT molecular complexity index is 903. The zero-order valence-electron chi connectivity index (χ0n) is 17.3. The number of nitrogen functional groups attached to an aromatic ring is 1. The SMILES string of the molecule is CC(C)C[C@H](CO)Nc1nc(CC(C)c2ccc(N)cc2)nc(NS(C)(=O)=O)n1. The maximum Gasteiger partial charge on any atom is 0.241 e. The smallest absolute Gasteiger partial charge is 0.241 e. The fourth-order valence-electron chi connectivity index (χ4n) is 2.93. The summed E-state index contributed by atoms with van der Waals surface area (Å²) in [4.78, 5) is 12.8. The second-order valence-corrected chi connectivity index (χ2v) is 9.45. The fourth-order valence-corrected chi connectivity index (χ4v) is 3.36. The number of nitrogens with two attached hydrogens (primary N) is 1. The van der Waals surface area contributed by atoms with Gasteiger partial charge in [-0.1, -0.05) is 32.9 Å². The van der Waals surface area contributed by atoms with E-state index in [0.717, 1.165) is 11.8 Å². The Morgan fingerprint density at radius 3 is 2.24 bits per heavy atom. The van der Waals surface area contributed by atoms with Crippen LogP contribution in [0.5, 0.6) is 0 Å². The number of aliphatic hydroxyl groups excluding tert-OH is 1. The summed E-state index contributed by atoms with van der Waals surface area (Å²) in [5, 5.41) is 12.7. The highest BCUT2D eigenvalue weighted by atomic mass is 32.2. The Morgan fingerprint density at radius 2 is 1.69 bits per heavy atom. The molecule has 5 N–H and O–H groups in total. The zero-order chi connectivity index (χ0) is 21.6. The predicted molar refractivity (Wildman–Crippen MR) is 115 cm³/mol. The van der Waals surface area contributed by atoms with E-state index in [9.17, 15) is 13.5 Å². The topological polar surface area (TPSA) is 143 Å². The van der Waals surface area contributed by atoms with Crippen LogP contribution in [0.15, 0.2) is 24.3 Å². The molecule has 0 saturated carbocycles. The van der Waals surface area contributed by atoms with Gasteiger partial charge in [-0.2, -0.15) is 15.0 Å². The molecule has 0 aliphatic rings. The first-order valence-electron chi connectivity index (χ1n) is 9.51. The lowest BCUT2D eigenvalue weighted by Gasteiger charge is -2.19. The van der Waals surface area contributed by atoms with Gasteiger partial charge in [0, 0.05) is 12.1 Å². The van der Waals surface area contributed by atoms with Crippen molar-refractivity contribution in [2.24, 2.45) is 5.92 Å². The van der Waals surface area contributed by atoms with Crippen LogP contribution in [0.2, 0.25) is 0 Å². The summed E-state index contributed by atoms with van der Waals surface area (Å²) >= 11 is 0. The van der Waals surface area contributed by atoms with Crippen LogP contribution in [0.3, 0.4) is 0 Å². The monoisotopic (exact) mass is 422 g/mol. The molecule has 1 aromatic carbocycles. The maximum atomic E-state index is 11.6. The summed E-state index contributed by atoms with van der Waals surface area (Å²) in [6, 6.07) is 7.31. The van der Waals surface area contributed by atoms with Crippen molar-refractivity contribution in [3.05, 3.63) is 35.7 Å². The van der Waals surface area contributed by atoms with Gasteiger partial charge in [-0.3, -0.25) is 4.72 Å². The number of aromatic nitrogens is 3. The van der Waals surface area contributed by atoms with Crippen LogP contribution in [0.4, 0.5) is 17.6 Å². The lowest BCUT2D eigenvalue weighted by atomic mass is 9.97. The van der Waals surface area contributed by atoms with Crippen molar-refractivity contribution in [1.82, 2.24) is 15.0 Å². The molecule has 0 saturated heterocycles. The molecule has 0 spiro atoms. The Morgan fingerprint density at radius 1 is 1.07 bits per heavy atom. The highest BCUT2D eigenvalue weighted by Crippen LogP contribution is 2.21. The Balaban J connectivity index is 2.29. The molecular formula is C19H30N6O3S. The molecule has 9 nitrogen and oxygen atoms in total. The molecule has 1 aromatic heterocycles. The molecule has 29 heavy (non-hydrogen) atoms. The van der Waals surface area contributed by atoms with E-state index in [1.54, 1.807) is 0 Å². The van der Waals surface area contributed by atoms with Gasteiger partial charge >= 0.3 is 0 Å². The van der Waals surface area contributed by atoms with E-state index in [1.165, 1.54) is 0 Å². The molecule has 2 atom stereocenters. The van der Waals surface area contributed by atoms with Crippen molar-refractivity contribution in [3.63, 3.8) is 0 Å². The van der Waals surface area contributed by atoms with Crippen LogP contribution in [0.1, 0.15) is 44.5 Å². The molecular weight excluding hydrogens is 392 g/mol. The van der Waals surface area contributed by atoms with Crippen molar-refractivity contribution < 1.29 is 13.5 Å². The maximum absolute atomic E-state index is 11.6. The van der Waals surface area contributed by atoms with Crippen molar-refractivity contribution in [2.75, 3.05) is 28.6 Å². The first-order valence-corrected chi connectivity index (χ1v) is 11.4. The number of aliphatic hydroxyl groups is 1. The molecule has 0 aliphatic heterocycles. The Kier molecular flexibility index (Phi) is 7.74. The van der Waals surface area contributed by atoms with E-state index < -0.39 is 10.0 Å². The fraction of sp³-hybridized carbons (Fsp3) is 0.526. The van der Waals surface area contributed by atoms with Gasteiger partial charge < -0.3 is 16.2 Å². The summed E-state index contributed by atoms with van der Waals surface area (Å²) in [6.07, 6.45) is 2.23. The predicted octanol–water partition coefficient (Wildman–Crippen LogP) is 1.99. The van der Waals surface area contributed by atoms with Crippen molar-refractivity contribution in [3.8, 4) is 0 Å². The number of rotatable bonds is 10. The van der Waals surface area contributed by atoms with Gasteiger partial charge in [-0.05, 0) is 36.0 Å². The third-order valence-corrected chi connectivity index (χ3v) is 4.82. The molecule has 160 valence electrons. The lowest BCUT2D eigenvalue weighted by molar-refractivity contribution is 0.259. The molecule has 10 heteroatoms. The van der Waals surface area contributed by atoms with E-state index in [1.807, 2.05) is 45.0 Å². The normalized spacial score (nSPS) is 13.9. The number of anilines is 3. The second-order valence-electron chi connectivity index (χ2n) is 7.70. The van der Waals surface area contributed by atoms with E-state index >= 15 is 0 Å². The molecule has 0 fully saturated rings. The average Bonchev–Trinajstić information content (AvgIpc) is 2.59. The number of benzene rings is 1. The molecule has 0 bridgehead atoms. The summed E-state index contributed by atoms with van der Waals surface area (Å²) in [5.41, 5.74) is 7.50. The molecule has 2 aromatic rings. The van der Waals surface area contributed by atoms with Gasteiger partial charge in [0.1, 0.15) is 5.82 Å². The van der Waals surface area contributed by atoms with E-state index in [2.05, 4.69) is 25.0 Å². The van der Waals surface area contributed by atoms with Gasteiger partial charge in [0.05, 0.1) is 18.9 Å². The highest BCUT2D eigenvalue weighted by Gasteiger charge is 2.17. The van der Waals surface area contributed by atoms with Crippen LogP contribution in [-0.4, -0.2) is 47.4 Å². The van der Waals surface area contributed by atoms with Crippen LogP contribution >= 0.6 is 0 Å². The lowest BCUT2D eigenvalue weighted by Crippen LogP contribution is -2.27. The minimum Gasteiger partial charge on any atom is -0.399 e. The summed E-state index contributed by atoms with van der Waals surface area (Å²) < 4.78 is 25.6. The first-order chi connectivity index (χ1) is 13.6. The number of sulfonamides is 1. The van der Waals surface area contributed by atoms with Crippen LogP contribution in [0.25, 0.3) is 0 Å². The van der Waals surface area contributed by atoms with E-state index in [-0.39, 0.29) is 30.5 Å². The Labute approximate surface area is 172 Å². The number of hydrogen-bond donors (Lipinski definition) is 4. The molecule has 0 radical (unpaired) electrons. The van der Waals surface area contributed by atoms with Gasteiger partial charge in [0.2, 0.25) is 21.9 Å². The minimum atomic E-state index is -3.54. The number of hydrogen-bond acceptors (Lipinski definition) is 8. The summed E-state index contributed by atoms with van der Waals surface area (Å²) in [5.74, 6) is 1.07. The standard InChI is InChI=1S/C19H30N6O3S/c1-12(2)9-16(11-26)21-18-22-17(23-19(24-18)25-29(4,27)28)10-13(3)14-5-7-15(20)8-6-14/h5-8,12-13,16,26H,9-11,20H2,1-4H3,(H2,21,22,23,24,25)/t13?,16-/m1/s1. The molecule has 0 amide bonds. The minimum absolute atomic E-state index is 0.0502. The van der Waals surface area contributed by atoms with Crippen LogP contribution in [0, 0.1) is 5.92 Å². The highest BCUT2D eigenvalue weighted by molar-refractivity contribution is 7.91. The van der Waals surface area contributed by atoms with Crippen molar-refractivity contribution in [2.45, 2.75) is 45.6 Å². The third kappa shape index (κ3) is 7.82. The second kappa shape index (κ2) is 9.84. The molecule has 0 aliphatic carbocycles. The largest absolute Gasteiger partial charge is 0.399 e. The summed E-state index contributed by atoms with van der Waals surface area (Å²) in [7, 11) is -3.54. The van der Waals surface area contributed by atoms with Gasteiger partial charge in [-0.15, -0.1) is 0 Å². The number of nitrogens with zero attached hydrogens (tertiary/aromatic N) is 3. The Hall–Kier alpha value is -2.46. The molecule has 2 rings (SSSR count). The quantitative estimate of drug-likeness (QED) is 0.426. The van der Waals surface area contributed by atoms with Crippen LogP contribution in [-0.2, 0) is 16.4 Å². The van der Waals surface area contributed by atoms with E-state index in [0.29, 0.717) is 30.3 Å². The van der Waals surface area contributed by atoms with E-state index in [4.69, 9.17) is 5.73 Å². The first kappa shape index (κ1) is 22.8. The number of nitrogens with one attached hydrogen (secondary N) is 2. The summed E-state index contributed by atoms with van der Waals surface area (Å²) in [6.45, 7) is 6.04. The van der Waals surface area contributed by atoms with Crippen molar-refractivity contribution in [1.29, 1.82) is 0 Å². The third-order valence-electron chi connectivity index (χ3n) is 4.26. The van der Waals surface area contributed by atoms with Crippen LogP contribution < -0.4 is 15.8 Å². The molecule has 1 heterocycles.